The first kappa shape index (κ1) is 10.6. The molecule has 0 saturated carbocycles. The number of aliphatic hydroxyl groups excluding tert-OH is 1. The van der Waals surface area contributed by atoms with Crippen LogP contribution < -0.4 is 5.73 Å². The van der Waals surface area contributed by atoms with Gasteiger partial charge in [-0.05, 0) is 18.7 Å². The maximum absolute atomic E-state index is 8.91. The molecule has 0 aliphatic rings. The molecule has 0 aromatic carbocycles. The maximum atomic E-state index is 8.91. The molecule has 1 unspecified atom stereocenters. The first-order valence-corrected chi connectivity index (χ1v) is 3.95. The number of rotatable bonds is 5. The van der Waals surface area contributed by atoms with E-state index in [0.29, 0.717) is 12.1 Å². The lowest BCUT2D eigenvalue weighted by molar-refractivity contribution is 0.201. The van der Waals surface area contributed by atoms with Crippen molar-refractivity contribution in [3.63, 3.8) is 0 Å². The van der Waals surface area contributed by atoms with Crippen molar-refractivity contribution < 1.29 is 5.11 Å². The van der Waals surface area contributed by atoms with E-state index in [2.05, 4.69) is 25.3 Å². The predicted molar refractivity (Wildman–Crippen MR) is 47.1 cm³/mol. The van der Waals surface area contributed by atoms with Gasteiger partial charge in [-0.3, -0.25) is 4.90 Å². The van der Waals surface area contributed by atoms with E-state index in [4.69, 9.17) is 10.8 Å². The largest absolute Gasteiger partial charge is 0.375 e. The Balaban J connectivity index is 3.72. The second-order valence-electron chi connectivity index (χ2n) is 2.56. The minimum Gasteiger partial charge on any atom is -0.375 e. The van der Waals surface area contributed by atoms with Gasteiger partial charge in [-0.25, -0.2) is 0 Å². The Hall–Kier alpha value is -0.380. The molecule has 3 heteroatoms. The molecule has 0 aromatic heterocycles. The van der Waals surface area contributed by atoms with Crippen LogP contribution >= 0.6 is 0 Å². The van der Waals surface area contributed by atoms with Gasteiger partial charge in [0, 0.05) is 6.54 Å². The Morgan fingerprint density at radius 2 is 2.00 bits per heavy atom. The van der Waals surface area contributed by atoms with E-state index >= 15 is 0 Å². The highest BCUT2D eigenvalue weighted by Crippen LogP contribution is 1.97. The van der Waals surface area contributed by atoms with Crippen LogP contribution in [-0.2, 0) is 0 Å². The minimum atomic E-state index is -0.879. The van der Waals surface area contributed by atoms with Gasteiger partial charge >= 0.3 is 0 Å². The summed E-state index contributed by atoms with van der Waals surface area (Å²) in [7, 11) is 0. The summed E-state index contributed by atoms with van der Waals surface area (Å²) in [6, 6.07) is 0. The fourth-order valence-corrected chi connectivity index (χ4v) is 0.828. The summed E-state index contributed by atoms with van der Waals surface area (Å²) >= 11 is 0. The fourth-order valence-electron chi connectivity index (χ4n) is 0.828. The van der Waals surface area contributed by atoms with Gasteiger partial charge < -0.3 is 10.8 Å². The maximum Gasteiger partial charge on any atom is 0.125 e. The van der Waals surface area contributed by atoms with Crippen molar-refractivity contribution in [1.29, 1.82) is 0 Å². The van der Waals surface area contributed by atoms with Crippen molar-refractivity contribution in [2.75, 3.05) is 19.6 Å². The molecule has 3 N–H and O–H groups in total. The SMILES string of the molecule is C=C(CN(CC)CC)C(N)O. The molecule has 0 bridgehead atoms. The van der Waals surface area contributed by atoms with Crippen molar-refractivity contribution in [3.8, 4) is 0 Å². The number of hydrogen-bond donors (Lipinski definition) is 2. The van der Waals surface area contributed by atoms with Crippen LogP contribution in [0.5, 0.6) is 0 Å². The highest BCUT2D eigenvalue weighted by atomic mass is 16.3. The molecule has 0 heterocycles. The zero-order chi connectivity index (χ0) is 8.85. The Bertz CT molecular complexity index is 119. The lowest BCUT2D eigenvalue weighted by Crippen LogP contribution is -2.32. The Labute approximate surface area is 68.5 Å². The zero-order valence-electron chi connectivity index (χ0n) is 7.38. The van der Waals surface area contributed by atoms with Gasteiger partial charge in [0.2, 0.25) is 0 Å². The summed E-state index contributed by atoms with van der Waals surface area (Å²) in [6.07, 6.45) is -0.879. The van der Waals surface area contributed by atoms with Gasteiger partial charge in [-0.15, -0.1) is 0 Å². The lowest BCUT2D eigenvalue weighted by Gasteiger charge is -2.20. The van der Waals surface area contributed by atoms with E-state index < -0.39 is 6.23 Å². The molecule has 0 aliphatic carbocycles. The predicted octanol–water partition coefficient (Wildman–Crippen LogP) is 0.162. The van der Waals surface area contributed by atoms with E-state index in [9.17, 15) is 0 Å². The Morgan fingerprint density at radius 1 is 1.55 bits per heavy atom. The van der Waals surface area contributed by atoms with Gasteiger partial charge in [0.25, 0.3) is 0 Å². The van der Waals surface area contributed by atoms with Gasteiger partial charge in [-0.2, -0.15) is 0 Å². The average molecular weight is 158 g/mol. The molecule has 0 saturated heterocycles. The molecular weight excluding hydrogens is 140 g/mol. The third-order valence-electron chi connectivity index (χ3n) is 1.74. The first-order valence-electron chi connectivity index (χ1n) is 3.95. The number of nitrogens with two attached hydrogens (primary N) is 1. The topological polar surface area (TPSA) is 49.5 Å². The van der Waals surface area contributed by atoms with Crippen molar-refractivity contribution >= 4 is 0 Å². The third-order valence-corrected chi connectivity index (χ3v) is 1.74. The van der Waals surface area contributed by atoms with Gasteiger partial charge in [0.1, 0.15) is 6.23 Å². The second kappa shape index (κ2) is 5.29. The normalized spacial score (nSPS) is 13.5. The second-order valence-corrected chi connectivity index (χ2v) is 2.56. The molecule has 0 radical (unpaired) electrons. The number of aliphatic hydroxyl groups is 1. The number of hydrogen-bond acceptors (Lipinski definition) is 3. The van der Waals surface area contributed by atoms with Crippen LogP contribution in [0.1, 0.15) is 13.8 Å². The fraction of sp³-hybridized carbons (Fsp3) is 0.750. The summed E-state index contributed by atoms with van der Waals surface area (Å²) in [4.78, 5) is 2.15. The first-order chi connectivity index (χ1) is 5.11. The molecule has 11 heavy (non-hydrogen) atoms. The van der Waals surface area contributed by atoms with E-state index in [0.717, 1.165) is 13.1 Å². The lowest BCUT2D eigenvalue weighted by atomic mass is 10.2. The quantitative estimate of drug-likeness (QED) is 0.442. The highest BCUT2D eigenvalue weighted by Gasteiger charge is 2.05. The van der Waals surface area contributed by atoms with Crippen molar-refractivity contribution in [2.24, 2.45) is 5.73 Å². The van der Waals surface area contributed by atoms with Crippen LogP contribution in [0.2, 0.25) is 0 Å². The van der Waals surface area contributed by atoms with Gasteiger partial charge in [0.15, 0.2) is 0 Å². The van der Waals surface area contributed by atoms with Crippen LogP contribution in [0.3, 0.4) is 0 Å². The van der Waals surface area contributed by atoms with Crippen LogP contribution in [0.15, 0.2) is 12.2 Å². The summed E-state index contributed by atoms with van der Waals surface area (Å²) in [5, 5.41) is 8.91. The van der Waals surface area contributed by atoms with Crippen molar-refractivity contribution in [1.82, 2.24) is 4.90 Å². The Kier molecular flexibility index (Phi) is 5.11. The molecule has 66 valence electrons. The Morgan fingerprint density at radius 3 is 2.27 bits per heavy atom. The van der Waals surface area contributed by atoms with Crippen molar-refractivity contribution in [3.05, 3.63) is 12.2 Å². The highest BCUT2D eigenvalue weighted by molar-refractivity contribution is 5.01. The van der Waals surface area contributed by atoms with Crippen LogP contribution in [0.4, 0.5) is 0 Å². The summed E-state index contributed by atoms with van der Waals surface area (Å²) < 4.78 is 0. The monoisotopic (exact) mass is 158 g/mol. The zero-order valence-corrected chi connectivity index (χ0v) is 7.38. The van der Waals surface area contributed by atoms with Gasteiger partial charge in [0.05, 0.1) is 0 Å². The van der Waals surface area contributed by atoms with E-state index in [-0.39, 0.29) is 0 Å². The van der Waals surface area contributed by atoms with E-state index in [1.807, 2.05) is 0 Å². The average Bonchev–Trinajstić information content (AvgIpc) is 1.99. The molecule has 0 aromatic rings. The molecule has 3 nitrogen and oxygen atoms in total. The van der Waals surface area contributed by atoms with Gasteiger partial charge in [-0.1, -0.05) is 20.4 Å². The molecule has 0 amide bonds. The summed E-state index contributed by atoms with van der Waals surface area (Å²) in [5.74, 6) is 0. The molecule has 0 aliphatic heterocycles. The van der Waals surface area contributed by atoms with Crippen molar-refractivity contribution in [2.45, 2.75) is 20.1 Å². The van der Waals surface area contributed by atoms with E-state index in [1.165, 1.54) is 0 Å². The summed E-state index contributed by atoms with van der Waals surface area (Å²) in [5.41, 5.74) is 5.90. The van der Waals surface area contributed by atoms with E-state index in [1.54, 1.807) is 0 Å². The molecule has 0 spiro atoms. The van der Waals surface area contributed by atoms with Crippen LogP contribution in [0, 0.1) is 0 Å². The number of nitrogens with zero attached hydrogens (tertiary/aromatic N) is 1. The van der Waals surface area contributed by atoms with Crippen LogP contribution in [0.25, 0.3) is 0 Å². The van der Waals surface area contributed by atoms with Crippen LogP contribution in [-0.4, -0.2) is 35.9 Å². The minimum absolute atomic E-state index is 0.675. The molecule has 0 rings (SSSR count). The molecule has 1 atom stereocenters. The summed E-state index contributed by atoms with van der Waals surface area (Å²) in [6.45, 7) is 10.4. The molecule has 0 fully saturated rings. The third kappa shape index (κ3) is 4.14. The standard InChI is InChI=1S/C8H18N2O/c1-4-10(5-2)6-7(3)8(9)11/h8,11H,3-6,9H2,1-2H3. The molecular formula is C8H18N2O. The number of likely N-dealkylation sites (N-methyl/N-ethyl adjacent to an activating group) is 1. The smallest absolute Gasteiger partial charge is 0.125 e.